The fourth-order valence-corrected chi connectivity index (χ4v) is 1.70. The highest BCUT2D eigenvalue weighted by molar-refractivity contribution is 5.80. The lowest BCUT2D eigenvalue weighted by molar-refractivity contribution is -0.127. The lowest BCUT2D eigenvalue weighted by atomic mass is 10.3. The molecular weight excluding hydrogens is 242 g/mol. The number of hydrogen-bond donors (Lipinski definition) is 2. The van der Waals surface area contributed by atoms with Crippen molar-refractivity contribution in [3.63, 3.8) is 0 Å². The molecule has 2 N–H and O–H groups in total. The van der Waals surface area contributed by atoms with Crippen LogP contribution in [0, 0.1) is 0 Å². The Morgan fingerprint density at radius 3 is 2.89 bits per heavy atom. The molecule has 104 valence electrons. The van der Waals surface area contributed by atoms with E-state index in [1.807, 2.05) is 19.1 Å². The Bertz CT molecular complexity index is 415. The van der Waals surface area contributed by atoms with E-state index in [-0.39, 0.29) is 5.91 Å². The van der Waals surface area contributed by atoms with Gasteiger partial charge in [-0.05, 0) is 38.8 Å². The molecule has 0 aliphatic heterocycles. The smallest absolute Gasteiger partial charge is 0.260 e. The number of ether oxygens (including phenoxy) is 1. The van der Waals surface area contributed by atoms with Gasteiger partial charge in [-0.15, -0.1) is 0 Å². The van der Waals surface area contributed by atoms with E-state index in [1.165, 1.54) is 12.8 Å². The molecule has 1 saturated carbocycles. The quantitative estimate of drug-likeness (QED) is 0.777. The van der Waals surface area contributed by atoms with Gasteiger partial charge in [-0.25, -0.2) is 0 Å². The predicted molar refractivity (Wildman–Crippen MR) is 72.9 cm³/mol. The van der Waals surface area contributed by atoms with E-state index < -0.39 is 6.10 Å². The van der Waals surface area contributed by atoms with Gasteiger partial charge in [-0.1, -0.05) is 0 Å². The number of carbonyl (C=O) groups is 1. The Balaban J connectivity index is 1.81. The van der Waals surface area contributed by atoms with Crippen molar-refractivity contribution in [3.05, 3.63) is 24.0 Å². The molecule has 5 nitrogen and oxygen atoms in total. The summed E-state index contributed by atoms with van der Waals surface area (Å²) in [6.07, 6.45) is 3.70. The van der Waals surface area contributed by atoms with Crippen LogP contribution in [-0.4, -0.2) is 29.6 Å². The Kier molecular flexibility index (Phi) is 4.74. The molecule has 1 aliphatic rings. The van der Waals surface area contributed by atoms with Gasteiger partial charge in [0.1, 0.15) is 5.75 Å². The molecule has 1 amide bonds. The summed E-state index contributed by atoms with van der Waals surface area (Å²) in [6, 6.07) is 4.46. The minimum absolute atomic E-state index is 0.109. The Hall–Kier alpha value is -1.62. The van der Waals surface area contributed by atoms with Gasteiger partial charge in [-0.2, -0.15) is 0 Å². The number of hydrogen-bond acceptors (Lipinski definition) is 4. The molecule has 1 heterocycles. The number of nitrogens with zero attached hydrogens (tertiary/aromatic N) is 1. The molecule has 19 heavy (non-hydrogen) atoms. The van der Waals surface area contributed by atoms with Crippen molar-refractivity contribution in [2.75, 3.05) is 6.54 Å². The second-order valence-corrected chi connectivity index (χ2v) is 4.80. The zero-order valence-electron chi connectivity index (χ0n) is 11.5. The van der Waals surface area contributed by atoms with E-state index in [1.54, 1.807) is 13.1 Å². The number of carbonyl (C=O) groups excluding carboxylic acids is 1. The number of pyridine rings is 1. The van der Waals surface area contributed by atoms with Crippen LogP contribution in [0.15, 0.2) is 18.3 Å². The first-order chi connectivity index (χ1) is 9.19. The van der Waals surface area contributed by atoms with Crippen molar-refractivity contribution in [1.29, 1.82) is 0 Å². The van der Waals surface area contributed by atoms with E-state index in [0.717, 1.165) is 12.2 Å². The van der Waals surface area contributed by atoms with Gasteiger partial charge in [0.25, 0.3) is 5.91 Å². The third-order valence-electron chi connectivity index (χ3n) is 2.98. The summed E-state index contributed by atoms with van der Waals surface area (Å²) in [5, 5.41) is 6.12. The van der Waals surface area contributed by atoms with Gasteiger partial charge >= 0.3 is 0 Å². The van der Waals surface area contributed by atoms with Crippen molar-refractivity contribution >= 4 is 5.91 Å². The second kappa shape index (κ2) is 6.52. The van der Waals surface area contributed by atoms with Gasteiger partial charge < -0.3 is 15.4 Å². The zero-order chi connectivity index (χ0) is 13.7. The van der Waals surface area contributed by atoms with Crippen LogP contribution in [0.4, 0.5) is 0 Å². The lowest BCUT2D eigenvalue weighted by Gasteiger charge is -2.14. The van der Waals surface area contributed by atoms with Crippen LogP contribution in [0.3, 0.4) is 0 Å². The van der Waals surface area contributed by atoms with Gasteiger partial charge in [0.05, 0.1) is 11.9 Å². The number of amides is 1. The molecule has 0 spiro atoms. The largest absolute Gasteiger partial charge is 0.479 e. The van der Waals surface area contributed by atoms with E-state index in [2.05, 4.69) is 15.6 Å². The molecule has 1 unspecified atom stereocenters. The van der Waals surface area contributed by atoms with Crippen molar-refractivity contribution in [2.45, 2.75) is 45.4 Å². The number of aromatic nitrogens is 1. The SMILES string of the molecule is CCNC(=O)C(C)Oc1ccc(CNC2CC2)nc1. The highest BCUT2D eigenvalue weighted by Crippen LogP contribution is 2.19. The van der Waals surface area contributed by atoms with Crippen LogP contribution in [0.2, 0.25) is 0 Å². The maximum atomic E-state index is 11.5. The average Bonchev–Trinajstić information content (AvgIpc) is 3.22. The molecule has 0 radical (unpaired) electrons. The Morgan fingerprint density at radius 1 is 1.53 bits per heavy atom. The third kappa shape index (κ3) is 4.52. The van der Waals surface area contributed by atoms with Crippen molar-refractivity contribution in [1.82, 2.24) is 15.6 Å². The topological polar surface area (TPSA) is 63.2 Å². The summed E-state index contributed by atoms with van der Waals surface area (Å²) < 4.78 is 5.53. The minimum atomic E-state index is -0.503. The lowest BCUT2D eigenvalue weighted by Crippen LogP contribution is -2.36. The van der Waals surface area contributed by atoms with E-state index in [0.29, 0.717) is 18.3 Å². The summed E-state index contributed by atoms with van der Waals surface area (Å²) in [6.45, 7) is 5.01. The normalized spacial score (nSPS) is 15.9. The van der Waals surface area contributed by atoms with Gasteiger partial charge in [0.15, 0.2) is 6.10 Å². The predicted octanol–water partition coefficient (Wildman–Crippen LogP) is 1.24. The van der Waals surface area contributed by atoms with Crippen molar-refractivity contribution < 1.29 is 9.53 Å². The minimum Gasteiger partial charge on any atom is -0.479 e. The molecule has 1 fully saturated rings. The van der Waals surface area contributed by atoms with Crippen LogP contribution < -0.4 is 15.4 Å². The fraction of sp³-hybridized carbons (Fsp3) is 0.571. The van der Waals surface area contributed by atoms with Crippen LogP contribution >= 0.6 is 0 Å². The third-order valence-corrected chi connectivity index (χ3v) is 2.98. The highest BCUT2D eigenvalue weighted by atomic mass is 16.5. The fourth-order valence-electron chi connectivity index (χ4n) is 1.70. The zero-order valence-corrected chi connectivity index (χ0v) is 11.5. The summed E-state index contributed by atoms with van der Waals surface area (Å²) in [5.41, 5.74) is 0.991. The molecule has 0 saturated heterocycles. The van der Waals surface area contributed by atoms with Gasteiger partial charge in [0.2, 0.25) is 0 Å². The Morgan fingerprint density at radius 2 is 2.32 bits per heavy atom. The Labute approximate surface area is 113 Å². The van der Waals surface area contributed by atoms with Crippen molar-refractivity contribution in [2.24, 2.45) is 0 Å². The molecular formula is C14H21N3O2. The van der Waals surface area contributed by atoms with Crippen LogP contribution in [0.1, 0.15) is 32.4 Å². The maximum Gasteiger partial charge on any atom is 0.260 e. The molecule has 1 aliphatic carbocycles. The molecule has 5 heteroatoms. The van der Waals surface area contributed by atoms with E-state index in [9.17, 15) is 4.79 Å². The van der Waals surface area contributed by atoms with Gasteiger partial charge in [-0.3, -0.25) is 9.78 Å². The first kappa shape index (κ1) is 13.8. The van der Waals surface area contributed by atoms with E-state index in [4.69, 9.17) is 4.74 Å². The van der Waals surface area contributed by atoms with E-state index >= 15 is 0 Å². The molecule has 1 aromatic rings. The standard InChI is InChI=1S/C14H21N3O2/c1-3-15-14(18)10(2)19-13-7-6-12(17-9-13)8-16-11-4-5-11/h6-7,9-11,16H,3-5,8H2,1-2H3,(H,15,18). The molecule has 0 aromatic carbocycles. The maximum absolute atomic E-state index is 11.5. The summed E-state index contributed by atoms with van der Waals surface area (Å²) in [7, 11) is 0. The van der Waals surface area contributed by atoms with Crippen LogP contribution in [-0.2, 0) is 11.3 Å². The summed E-state index contributed by atoms with van der Waals surface area (Å²) >= 11 is 0. The number of rotatable bonds is 7. The van der Waals surface area contributed by atoms with Gasteiger partial charge in [0, 0.05) is 19.1 Å². The second-order valence-electron chi connectivity index (χ2n) is 4.80. The van der Waals surface area contributed by atoms with Crippen LogP contribution in [0.25, 0.3) is 0 Å². The van der Waals surface area contributed by atoms with Crippen LogP contribution in [0.5, 0.6) is 5.75 Å². The monoisotopic (exact) mass is 263 g/mol. The molecule has 1 aromatic heterocycles. The number of likely N-dealkylation sites (N-methyl/N-ethyl adjacent to an activating group) is 1. The summed E-state index contributed by atoms with van der Waals surface area (Å²) in [4.78, 5) is 15.8. The highest BCUT2D eigenvalue weighted by Gasteiger charge is 2.20. The first-order valence-electron chi connectivity index (χ1n) is 6.81. The summed E-state index contributed by atoms with van der Waals surface area (Å²) in [5.74, 6) is 0.510. The van der Waals surface area contributed by atoms with Crippen molar-refractivity contribution in [3.8, 4) is 5.75 Å². The first-order valence-corrected chi connectivity index (χ1v) is 6.81. The molecule has 0 bridgehead atoms. The number of nitrogens with one attached hydrogen (secondary N) is 2. The molecule has 2 rings (SSSR count). The average molecular weight is 263 g/mol. The molecule has 1 atom stereocenters.